The molecule has 1 saturated heterocycles. The van der Waals surface area contributed by atoms with Crippen LogP contribution in [-0.2, 0) is 4.74 Å². The molecule has 4 N–H and O–H groups in total. The molecular weight excluding hydrogens is 467 g/mol. The summed E-state index contributed by atoms with van der Waals surface area (Å²) in [6.07, 6.45) is 4.28. The van der Waals surface area contributed by atoms with Crippen LogP contribution in [0.1, 0.15) is 40.5 Å². The van der Waals surface area contributed by atoms with Crippen molar-refractivity contribution < 1.29 is 24.1 Å². The molecule has 1 amide bonds. The number of hydrogen-bond donors (Lipinski definition) is 4. The second kappa shape index (κ2) is 10.4. The van der Waals surface area contributed by atoms with Gasteiger partial charge >= 0.3 is 0 Å². The first-order chi connectivity index (χ1) is 16.3. The SMILES string of the molecule is Cc1cnc(NC2CCOCC2)nc1-n1cnc(C(=O)N[C@@H](c2cc(F)cc(Cl)c2)C(O)O)c1. The number of nitrogens with zero attached hydrogens (tertiary/aromatic N) is 4. The van der Waals surface area contributed by atoms with E-state index in [1.807, 2.05) is 6.92 Å². The molecule has 1 atom stereocenters. The molecule has 2 aromatic heterocycles. The van der Waals surface area contributed by atoms with Crippen LogP contribution in [0.15, 0.2) is 36.9 Å². The van der Waals surface area contributed by atoms with Gasteiger partial charge in [0.25, 0.3) is 5.91 Å². The molecule has 0 unspecified atom stereocenters. The van der Waals surface area contributed by atoms with Crippen LogP contribution < -0.4 is 10.6 Å². The minimum Gasteiger partial charge on any atom is -0.381 e. The molecule has 1 aromatic carbocycles. The number of aliphatic hydroxyl groups excluding tert-OH is 1. The highest BCUT2D eigenvalue weighted by molar-refractivity contribution is 6.30. The molecular formula is C22H24ClFN6O4. The molecule has 10 nitrogen and oxygen atoms in total. The summed E-state index contributed by atoms with van der Waals surface area (Å²) in [5, 5.41) is 25.3. The lowest BCUT2D eigenvalue weighted by Crippen LogP contribution is -2.36. The van der Waals surface area contributed by atoms with Gasteiger partial charge in [0.15, 0.2) is 6.29 Å². The fourth-order valence-electron chi connectivity index (χ4n) is 3.64. The molecule has 4 rings (SSSR count). The summed E-state index contributed by atoms with van der Waals surface area (Å²) >= 11 is 5.86. The number of nitrogens with one attached hydrogen (secondary N) is 2. The fraction of sp³-hybridized carbons (Fsp3) is 0.364. The van der Waals surface area contributed by atoms with Gasteiger partial charge in [0.2, 0.25) is 5.95 Å². The number of aromatic nitrogens is 4. The van der Waals surface area contributed by atoms with Crippen LogP contribution in [0.3, 0.4) is 0 Å². The van der Waals surface area contributed by atoms with Gasteiger partial charge in [-0.05, 0) is 43.5 Å². The third-order valence-electron chi connectivity index (χ3n) is 5.39. The van der Waals surface area contributed by atoms with E-state index in [4.69, 9.17) is 16.3 Å². The maximum absolute atomic E-state index is 13.7. The molecule has 180 valence electrons. The van der Waals surface area contributed by atoms with E-state index in [0.717, 1.165) is 30.5 Å². The van der Waals surface area contributed by atoms with Crippen molar-refractivity contribution in [1.29, 1.82) is 0 Å². The molecule has 1 fully saturated rings. The van der Waals surface area contributed by atoms with Crippen molar-refractivity contribution in [3.8, 4) is 5.82 Å². The van der Waals surface area contributed by atoms with Crippen molar-refractivity contribution in [2.24, 2.45) is 0 Å². The number of ether oxygens (including phenoxy) is 1. The van der Waals surface area contributed by atoms with Crippen LogP contribution in [-0.4, -0.2) is 61.2 Å². The summed E-state index contributed by atoms with van der Waals surface area (Å²) in [5.41, 5.74) is 0.869. The number of benzene rings is 1. The second-order valence-corrected chi connectivity index (χ2v) is 8.40. The van der Waals surface area contributed by atoms with Crippen LogP contribution in [0, 0.1) is 12.7 Å². The van der Waals surface area contributed by atoms with Gasteiger partial charge in [0.05, 0.1) is 0 Å². The Labute approximate surface area is 199 Å². The average Bonchev–Trinajstić information content (AvgIpc) is 3.28. The zero-order chi connectivity index (χ0) is 24.2. The van der Waals surface area contributed by atoms with Crippen molar-refractivity contribution >= 4 is 23.5 Å². The first-order valence-corrected chi connectivity index (χ1v) is 11.0. The third kappa shape index (κ3) is 5.68. The van der Waals surface area contributed by atoms with Crippen molar-refractivity contribution in [2.75, 3.05) is 18.5 Å². The topological polar surface area (TPSA) is 134 Å². The van der Waals surface area contributed by atoms with Gasteiger partial charge < -0.3 is 25.6 Å². The number of aliphatic hydroxyl groups is 2. The molecule has 1 aliphatic rings. The molecule has 1 aliphatic heterocycles. The van der Waals surface area contributed by atoms with Crippen LogP contribution in [0.4, 0.5) is 10.3 Å². The zero-order valence-electron chi connectivity index (χ0n) is 18.3. The highest BCUT2D eigenvalue weighted by Crippen LogP contribution is 2.23. The predicted molar refractivity (Wildman–Crippen MR) is 121 cm³/mol. The van der Waals surface area contributed by atoms with E-state index < -0.39 is 24.1 Å². The van der Waals surface area contributed by atoms with Gasteiger partial charge in [-0.1, -0.05) is 11.6 Å². The van der Waals surface area contributed by atoms with E-state index in [0.29, 0.717) is 25.0 Å². The Morgan fingerprint density at radius 3 is 2.74 bits per heavy atom. The number of carbonyl (C=O) groups excluding carboxylic acids is 1. The molecule has 0 aliphatic carbocycles. The van der Waals surface area contributed by atoms with Crippen LogP contribution in [0.5, 0.6) is 0 Å². The first kappa shape index (κ1) is 24.0. The number of imidazole rings is 1. The summed E-state index contributed by atoms with van der Waals surface area (Å²) < 4.78 is 20.7. The lowest BCUT2D eigenvalue weighted by molar-refractivity contribution is -0.0661. The van der Waals surface area contributed by atoms with E-state index in [1.165, 1.54) is 18.6 Å². The zero-order valence-corrected chi connectivity index (χ0v) is 19.0. The Hall–Kier alpha value is -3.12. The Morgan fingerprint density at radius 1 is 1.26 bits per heavy atom. The molecule has 0 radical (unpaired) electrons. The van der Waals surface area contributed by atoms with Crippen LogP contribution >= 0.6 is 11.6 Å². The van der Waals surface area contributed by atoms with E-state index in [1.54, 1.807) is 10.8 Å². The summed E-state index contributed by atoms with van der Waals surface area (Å²) in [5.74, 6) is -0.369. The molecule has 3 aromatic rings. The highest BCUT2D eigenvalue weighted by Gasteiger charge is 2.24. The van der Waals surface area contributed by atoms with E-state index in [-0.39, 0.29) is 22.3 Å². The quantitative estimate of drug-likeness (QED) is 0.370. The molecule has 34 heavy (non-hydrogen) atoms. The Bertz CT molecular complexity index is 1150. The number of anilines is 1. The largest absolute Gasteiger partial charge is 0.381 e. The maximum atomic E-state index is 13.7. The van der Waals surface area contributed by atoms with Gasteiger partial charge in [0.1, 0.15) is 29.7 Å². The Morgan fingerprint density at radius 2 is 2.03 bits per heavy atom. The van der Waals surface area contributed by atoms with Gasteiger partial charge in [-0.2, -0.15) is 4.98 Å². The van der Waals surface area contributed by atoms with Gasteiger partial charge in [-0.25, -0.2) is 14.4 Å². The van der Waals surface area contributed by atoms with Gasteiger partial charge in [-0.15, -0.1) is 0 Å². The van der Waals surface area contributed by atoms with Crippen LogP contribution in [0.25, 0.3) is 5.82 Å². The average molecular weight is 491 g/mol. The lowest BCUT2D eigenvalue weighted by atomic mass is 10.1. The Kier molecular flexibility index (Phi) is 7.37. The maximum Gasteiger partial charge on any atom is 0.272 e. The summed E-state index contributed by atoms with van der Waals surface area (Å²) in [6, 6.07) is 2.37. The van der Waals surface area contributed by atoms with Crippen molar-refractivity contribution in [2.45, 2.75) is 38.1 Å². The van der Waals surface area contributed by atoms with Gasteiger partial charge in [-0.3, -0.25) is 9.36 Å². The highest BCUT2D eigenvalue weighted by atomic mass is 35.5. The third-order valence-corrected chi connectivity index (χ3v) is 5.61. The smallest absolute Gasteiger partial charge is 0.272 e. The van der Waals surface area contributed by atoms with E-state index >= 15 is 0 Å². The predicted octanol–water partition coefficient (Wildman–Crippen LogP) is 2.14. The van der Waals surface area contributed by atoms with Crippen molar-refractivity contribution in [1.82, 2.24) is 24.8 Å². The molecule has 0 spiro atoms. The van der Waals surface area contributed by atoms with Gasteiger partial charge in [0, 0.05) is 42.2 Å². The number of rotatable bonds is 7. The minimum atomic E-state index is -1.99. The van der Waals surface area contributed by atoms with Crippen molar-refractivity contribution in [3.63, 3.8) is 0 Å². The Balaban J connectivity index is 1.52. The fourth-order valence-corrected chi connectivity index (χ4v) is 3.87. The molecule has 0 saturated carbocycles. The number of aryl methyl sites for hydroxylation is 1. The summed E-state index contributed by atoms with van der Waals surface area (Å²) in [7, 11) is 0. The summed E-state index contributed by atoms with van der Waals surface area (Å²) in [6.45, 7) is 3.20. The number of amides is 1. The minimum absolute atomic E-state index is 0.00472. The normalized spacial score (nSPS) is 15.4. The van der Waals surface area contributed by atoms with E-state index in [9.17, 15) is 19.4 Å². The summed E-state index contributed by atoms with van der Waals surface area (Å²) in [4.78, 5) is 25.8. The number of hydrogen-bond acceptors (Lipinski definition) is 8. The molecule has 0 bridgehead atoms. The second-order valence-electron chi connectivity index (χ2n) is 7.96. The molecule has 12 heteroatoms. The molecule has 3 heterocycles. The monoisotopic (exact) mass is 490 g/mol. The first-order valence-electron chi connectivity index (χ1n) is 10.7. The van der Waals surface area contributed by atoms with E-state index in [2.05, 4.69) is 25.6 Å². The lowest BCUT2D eigenvalue weighted by Gasteiger charge is -2.23. The van der Waals surface area contributed by atoms with Crippen molar-refractivity contribution in [3.05, 3.63) is 64.6 Å². The van der Waals surface area contributed by atoms with Crippen LogP contribution in [0.2, 0.25) is 5.02 Å². The standard InChI is InChI=1S/C22H24ClFN6O4/c1-12-9-25-22(27-16-2-4-34-5-3-16)29-19(12)30-10-17(26-11-30)20(31)28-18(21(32)33)13-6-14(23)8-15(24)7-13/h6-11,16,18,21,32-33H,2-5H2,1H3,(H,28,31)(H,25,27,29)/t18-/m0/s1. The number of halogens is 2. The number of carbonyl (C=O) groups is 1.